The van der Waals surface area contributed by atoms with E-state index in [9.17, 15) is 4.79 Å². The van der Waals surface area contributed by atoms with E-state index in [2.05, 4.69) is 13.0 Å². The second-order valence-electron chi connectivity index (χ2n) is 3.39. The molecule has 1 rings (SSSR count). The van der Waals surface area contributed by atoms with Gasteiger partial charge < -0.3 is 4.74 Å². The maximum Gasteiger partial charge on any atom is 0.313 e. The molecular weight excluding hydrogens is 164 g/mol. The lowest BCUT2D eigenvalue weighted by Crippen LogP contribution is -2.23. The van der Waals surface area contributed by atoms with E-state index < -0.39 is 0 Å². The summed E-state index contributed by atoms with van der Waals surface area (Å²) in [5, 5.41) is 0. The van der Waals surface area contributed by atoms with Crippen LogP contribution in [0.1, 0.15) is 20.3 Å². The van der Waals surface area contributed by atoms with Crippen molar-refractivity contribution < 1.29 is 9.53 Å². The minimum atomic E-state index is -0.133. The van der Waals surface area contributed by atoms with E-state index in [4.69, 9.17) is 4.74 Å². The lowest BCUT2D eigenvalue weighted by atomic mass is 9.84. The van der Waals surface area contributed by atoms with Crippen LogP contribution in [0.25, 0.3) is 0 Å². The van der Waals surface area contributed by atoms with Gasteiger partial charge in [-0.1, -0.05) is 30.7 Å². The van der Waals surface area contributed by atoms with Crippen LogP contribution in [-0.2, 0) is 9.53 Å². The number of methoxy groups -OCH3 is 1. The fourth-order valence-electron chi connectivity index (χ4n) is 1.66. The third kappa shape index (κ3) is 2.20. The van der Waals surface area contributed by atoms with Crippen LogP contribution in [0.5, 0.6) is 0 Å². The van der Waals surface area contributed by atoms with Crippen LogP contribution in [0.15, 0.2) is 23.8 Å². The predicted octanol–water partition coefficient (Wildman–Crippen LogP) is 2.32. The van der Waals surface area contributed by atoms with E-state index in [1.54, 1.807) is 0 Å². The van der Waals surface area contributed by atoms with E-state index >= 15 is 0 Å². The van der Waals surface area contributed by atoms with Crippen molar-refractivity contribution in [2.75, 3.05) is 7.11 Å². The van der Waals surface area contributed by atoms with Gasteiger partial charge >= 0.3 is 5.97 Å². The molecule has 0 heterocycles. The number of hydrogen-bond donors (Lipinski definition) is 0. The van der Waals surface area contributed by atoms with E-state index in [0.29, 0.717) is 5.92 Å². The number of rotatable bonds is 2. The summed E-state index contributed by atoms with van der Waals surface area (Å²) < 4.78 is 4.74. The highest BCUT2D eigenvalue weighted by Crippen LogP contribution is 2.26. The Morgan fingerprint density at radius 1 is 1.62 bits per heavy atom. The molecule has 2 unspecified atom stereocenters. The van der Waals surface area contributed by atoms with Crippen LogP contribution in [0.3, 0.4) is 0 Å². The molecule has 1 aliphatic rings. The highest BCUT2D eigenvalue weighted by atomic mass is 16.5. The standard InChI is InChI=1S/C11H16O2/c1-4-9-7-8(2)5-6-10(9)11(12)13-3/h5-7,9-10H,4H2,1-3H3. The first kappa shape index (κ1) is 10.0. The summed E-state index contributed by atoms with van der Waals surface area (Å²) >= 11 is 0. The lowest BCUT2D eigenvalue weighted by molar-refractivity contribution is -0.144. The Labute approximate surface area is 79.3 Å². The maximum absolute atomic E-state index is 11.3. The number of ether oxygens (including phenoxy) is 1. The molecule has 0 aromatic carbocycles. The van der Waals surface area contributed by atoms with Crippen molar-refractivity contribution in [3.05, 3.63) is 23.8 Å². The summed E-state index contributed by atoms with van der Waals surface area (Å²) in [6.45, 7) is 4.14. The molecule has 2 heteroatoms. The molecular formula is C11H16O2. The zero-order chi connectivity index (χ0) is 9.84. The summed E-state index contributed by atoms with van der Waals surface area (Å²) in [4.78, 5) is 11.3. The van der Waals surface area contributed by atoms with E-state index in [1.807, 2.05) is 19.1 Å². The molecule has 72 valence electrons. The molecule has 1 aliphatic carbocycles. The third-order valence-electron chi connectivity index (χ3n) is 2.45. The predicted molar refractivity (Wildman–Crippen MR) is 52.2 cm³/mol. The molecule has 2 atom stereocenters. The minimum absolute atomic E-state index is 0.0845. The molecule has 0 saturated carbocycles. The number of carbonyl (C=O) groups excluding carboxylic acids is 1. The molecule has 0 spiro atoms. The van der Waals surface area contributed by atoms with Crippen molar-refractivity contribution in [2.24, 2.45) is 11.8 Å². The van der Waals surface area contributed by atoms with Gasteiger partial charge in [0.1, 0.15) is 0 Å². The van der Waals surface area contributed by atoms with Crippen molar-refractivity contribution >= 4 is 5.97 Å². The van der Waals surface area contributed by atoms with Crippen molar-refractivity contribution in [1.82, 2.24) is 0 Å². The Balaban J connectivity index is 2.77. The highest BCUT2D eigenvalue weighted by molar-refractivity contribution is 5.75. The number of allylic oxidation sites excluding steroid dienone is 3. The lowest BCUT2D eigenvalue weighted by Gasteiger charge is -2.21. The van der Waals surface area contributed by atoms with Gasteiger partial charge in [0.05, 0.1) is 13.0 Å². The first-order valence-corrected chi connectivity index (χ1v) is 4.63. The average molecular weight is 180 g/mol. The van der Waals surface area contributed by atoms with Crippen molar-refractivity contribution in [1.29, 1.82) is 0 Å². The molecule has 0 fully saturated rings. The zero-order valence-corrected chi connectivity index (χ0v) is 8.41. The van der Waals surface area contributed by atoms with Gasteiger partial charge in [-0.2, -0.15) is 0 Å². The van der Waals surface area contributed by atoms with Gasteiger partial charge in [-0.05, 0) is 19.3 Å². The Hall–Kier alpha value is -1.05. The van der Waals surface area contributed by atoms with Gasteiger partial charge in [0, 0.05) is 0 Å². The van der Waals surface area contributed by atoms with Gasteiger partial charge in [-0.25, -0.2) is 0 Å². The molecule has 0 aromatic rings. The summed E-state index contributed by atoms with van der Waals surface area (Å²) in [6, 6.07) is 0. The molecule has 0 radical (unpaired) electrons. The molecule has 13 heavy (non-hydrogen) atoms. The van der Waals surface area contributed by atoms with Gasteiger partial charge in [-0.15, -0.1) is 0 Å². The van der Waals surface area contributed by atoms with E-state index in [0.717, 1.165) is 6.42 Å². The van der Waals surface area contributed by atoms with Crippen LogP contribution in [0.2, 0.25) is 0 Å². The van der Waals surface area contributed by atoms with E-state index in [1.165, 1.54) is 12.7 Å². The Morgan fingerprint density at radius 2 is 2.31 bits per heavy atom. The van der Waals surface area contributed by atoms with Crippen LogP contribution < -0.4 is 0 Å². The second kappa shape index (κ2) is 4.26. The molecule has 0 saturated heterocycles. The molecule has 0 aromatic heterocycles. The third-order valence-corrected chi connectivity index (χ3v) is 2.45. The average Bonchev–Trinajstić information content (AvgIpc) is 2.16. The van der Waals surface area contributed by atoms with Crippen molar-refractivity contribution in [3.63, 3.8) is 0 Å². The zero-order valence-electron chi connectivity index (χ0n) is 8.41. The monoisotopic (exact) mass is 180 g/mol. The van der Waals surface area contributed by atoms with Crippen LogP contribution in [-0.4, -0.2) is 13.1 Å². The van der Waals surface area contributed by atoms with Gasteiger partial charge in [0.25, 0.3) is 0 Å². The summed E-state index contributed by atoms with van der Waals surface area (Å²) in [6.07, 6.45) is 7.03. The van der Waals surface area contributed by atoms with Crippen molar-refractivity contribution in [3.8, 4) is 0 Å². The second-order valence-corrected chi connectivity index (χ2v) is 3.39. The summed E-state index contributed by atoms with van der Waals surface area (Å²) in [5.41, 5.74) is 1.23. The number of carbonyl (C=O) groups is 1. The van der Waals surface area contributed by atoms with Gasteiger partial charge in [0.15, 0.2) is 0 Å². The molecule has 0 amide bonds. The SMILES string of the molecule is CCC1C=C(C)C=CC1C(=O)OC. The smallest absolute Gasteiger partial charge is 0.313 e. The van der Waals surface area contributed by atoms with Crippen molar-refractivity contribution in [2.45, 2.75) is 20.3 Å². The normalized spacial score (nSPS) is 26.8. The van der Waals surface area contributed by atoms with Gasteiger partial charge in [-0.3, -0.25) is 4.79 Å². The number of esters is 1. The minimum Gasteiger partial charge on any atom is -0.469 e. The quantitative estimate of drug-likeness (QED) is 0.609. The Kier molecular flexibility index (Phi) is 3.29. The van der Waals surface area contributed by atoms with E-state index in [-0.39, 0.29) is 11.9 Å². The van der Waals surface area contributed by atoms with Crippen LogP contribution in [0, 0.1) is 11.8 Å². The molecule has 0 aliphatic heterocycles. The van der Waals surface area contributed by atoms with Gasteiger partial charge in [0.2, 0.25) is 0 Å². The molecule has 0 bridgehead atoms. The van der Waals surface area contributed by atoms with Crippen LogP contribution >= 0.6 is 0 Å². The Morgan fingerprint density at radius 3 is 2.85 bits per heavy atom. The molecule has 0 N–H and O–H groups in total. The fraction of sp³-hybridized carbons (Fsp3) is 0.545. The Bertz CT molecular complexity index is 251. The topological polar surface area (TPSA) is 26.3 Å². The highest BCUT2D eigenvalue weighted by Gasteiger charge is 2.25. The summed E-state index contributed by atoms with van der Waals surface area (Å²) in [5.74, 6) is 0.0861. The number of hydrogen-bond acceptors (Lipinski definition) is 2. The van der Waals surface area contributed by atoms with Crippen LogP contribution in [0.4, 0.5) is 0 Å². The fourth-order valence-corrected chi connectivity index (χ4v) is 1.66. The maximum atomic E-state index is 11.3. The molecule has 2 nitrogen and oxygen atoms in total. The largest absolute Gasteiger partial charge is 0.469 e. The first-order chi connectivity index (χ1) is 6.19. The first-order valence-electron chi connectivity index (χ1n) is 4.63. The summed E-state index contributed by atoms with van der Waals surface area (Å²) in [7, 11) is 1.44.